The van der Waals surface area contributed by atoms with Crippen molar-refractivity contribution in [2.24, 2.45) is 0 Å². The van der Waals surface area contributed by atoms with E-state index in [1.54, 1.807) is 48.5 Å². The molecule has 0 N–H and O–H groups in total. The van der Waals surface area contributed by atoms with Crippen LogP contribution in [0.25, 0.3) is 22.1 Å². The summed E-state index contributed by atoms with van der Waals surface area (Å²) in [6.45, 7) is 0. The molecule has 2 atom stereocenters. The third kappa shape index (κ3) is 12.8. The highest BCUT2D eigenvalue weighted by molar-refractivity contribution is 7.55. The quantitative estimate of drug-likeness (QED) is 0.0392. The van der Waals surface area contributed by atoms with Gasteiger partial charge in [-0.3, -0.25) is 9.13 Å². The first kappa shape index (κ1) is 60.1. The van der Waals surface area contributed by atoms with Crippen LogP contribution in [0, 0.1) is 23.3 Å². The van der Waals surface area contributed by atoms with Gasteiger partial charge >= 0.3 is 29.0 Å². The summed E-state index contributed by atoms with van der Waals surface area (Å²) in [6, 6.07) is 42.7. The van der Waals surface area contributed by atoms with Crippen LogP contribution in [-0.4, -0.2) is 36.2 Å². The Kier molecular flexibility index (Phi) is 17.6. The van der Waals surface area contributed by atoms with Gasteiger partial charge in [-0.2, -0.15) is 8.78 Å². The van der Waals surface area contributed by atoms with Crippen LogP contribution < -0.4 is 9.05 Å². The summed E-state index contributed by atoms with van der Waals surface area (Å²) in [5.74, 6) is -5.39. The van der Waals surface area contributed by atoms with Crippen LogP contribution in [0.3, 0.4) is 0 Å². The Morgan fingerprint density at radius 1 is 0.412 bits per heavy atom. The Bertz CT molecular complexity index is 3880. The number of hydrogen-bond acceptors (Lipinski definition) is 13. The van der Waals surface area contributed by atoms with Crippen molar-refractivity contribution in [3.8, 4) is 11.5 Å². The minimum Gasteiger partial charge on any atom is -0.412 e. The van der Waals surface area contributed by atoms with Crippen LogP contribution in [0.4, 0.5) is 44.4 Å². The number of hydrogen-bond donors (Lipinski definition) is 0. The highest BCUT2D eigenvalue weighted by Crippen LogP contribution is 2.55. The fourth-order valence-corrected chi connectivity index (χ4v) is 12.8. The van der Waals surface area contributed by atoms with Gasteiger partial charge in [-0.05, 0) is 135 Å². The molecule has 0 saturated carbocycles. The highest BCUT2D eigenvalue weighted by Gasteiger charge is 2.43. The Labute approximate surface area is 475 Å². The van der Waals surface area contributed by atoms with E-state index in [9.17, 15) is 40.6 Å². The van der Waals surface area contributed by atoms with Crippen molar-refractivity contribution in [3.05, 3.63) is 250 Å². The molecule has 8 aromatic carbocycles. The van der Waals surface area contributed by atoms with Crippen molar-refractivity contribution in [1.82, 2.24) is 30.0 Å². The maximum Gasteiger partial charge on any atom is 0.497 e. The second kappa shape index (κ2) is 24.9. The lowest BCUT2D eigenvalue weighted by Gasteiger charge is -2.36. The van der Waals surface area contributed by atoms with Gasteiger partial charge in [-0.15, -0.1) is 29.1 Å². The van der Waals surface area contributed by atoms with Gasteiger partial charge in [0, 0.05) is 25.7 Å². The van der Waals surface area contributed by atoms with Crippen LogP contribution in [0.2, 0.25) is 0 Å². The summed E-state index contributed by atoms with van der Waals surface area (Å²) < 4.78 is 208. The number of alkyl halides is 2. The maximum atomic E-state index is 15.4. The Hall–Kier alpha value is -8.01. The largest absolute Gasteiger partial charge is 0.497 e. The highest BCUT2D eigenvalue weighted by atomic mass is 31.2. The van der Waals surface area contributed by atoms with E-state index in [4.69, 9.17) is 9.05 Å². The van der Waals surface area contributed by atoms with Crippen LogP contribution in [-0.2, 0) is 81.7 Å². The van der Waals surface area contributed by atoms with E-state index in [-0.39, 0.29) is 59.4 Å². The molecular formula is C57H43F10N6O9P3. The van der Waals surface area contributed by atoms with Crippen molar-refractivity contribution >= 4 is 44.9 Å². The molecule has 2 unspecified atom stereocenters. The van der Waals surface area contributed by atoms with E-state index in [1.165, 1.54) is 119 Å². The lowest BCUT2D eigenvalue weighted by atomic mass is 9.78. The van der Waals surface area contributed by atoms with Crippen LogP contribution in [0.1, 0.15) is 44.5 Å². The first-order valence-electron chi connectivity index (χ1n) is 25.3. The molecule has 0 aliphatic rings. The zero-order valence-electron chi connectivity index (χ0n) is 43.6. The number of rotatable bonds is 25. The van der Waals surface area contributed by atoms with Crippen LogP contribution >= 0.6 is 22.8 Å². The van der Waals surface area contributed by atoms with Gasteiger partial charge in [0.25, 0.3) is 0 Å². The summed E-state index contributed by atoms with van der Waals surface area (Å²) in [5, 5.41) is 17.6. The molecule has 0 aliphatic carbocycles. The van der Waals surface area contributed by atoms with Crippen LogP contribution in [0.5, 0.6) is 11.5 Å². The SMILES string of the molecule is O=P(Cc1ccc(CC(Cc2ccc(OP(=O)(Oc3ccc(CC(Cc4ccc(CP(=O)(OF)OF)cc4)(c4ccc(F)c(F)c4)n4nnc5ccccc54)cc3)C(F)F)cc2)(c2ccc(F)c(F)c2)n2nnc3ccccc32)cc1)(OF)OF. The fourth-order valence-electron chi connectivity index (χ4n) is 10.2. The van der Waals surface area contributed by atoms with Gasteiger partial charge < -0.3 is 9.05 Å². The van der Waals surface area contributed by atoms with E-state index >= 15 is 17.6 Å². The van der Waals surface area contributed by atoms with Crippen LogP contribution in [0.15, 0.2) is 182 Å². The van der Waals surface area contributed by atoms with Gasteiger partial charge in [0.2, 0.25) is 0 Å². The van der Waals surface area contributed by atoms with E-state index in [0.29, 0.717) is 44.3 Å². The zero-order valence-corrected chi connectivity index (χ0v) is 46.3. The minimum absolute atomic E-state index is 0.0588. The average molecular weight is 1240 g/mol. The molecule has 10 aromatic rings. The molecule has 0 radical (unpaired) electrons. The predicted octanol–water partition coefficient (Wildman–Crippen LogP) is 16.1. The number of aromatic nitrogens is 6. The molecule has 0 spiro atoms. The molecule has 0 amide bonds. The van der Waals surface area contributed by atoms with E-state index in [0.717, 1.165) is 24.3 Å². The van der Waals surface area contributed by atoms with E-state index in [1.807, 2.05) is 0 Å². The molecule has 10 rings (SSSR count). The molecular weight excluding hydrogens is 1200 g/mol. The van der Waals surface area contributed by atoms with Crippen molar-refractivity contribution in [2.75, 3.05) is 0 Å². The first-order valence-corrected chi connectivity index (χ1v) is 30.4. The molecule has 0 aliphatic heterocycles. The Morgan fingerprint density at radius 3 is 1.05 bits per heavy atom. The lowest BCUT2D eigenvalue weighted by molar-refractivity contribution is -0.0881. The molecule has 2 aromatic heterocycles. The lowest BCUT2D eigenvalue weighted by Crippen LogP contribution is -2.41. The Morgan fingerprint density at radius 2 is 0.729 bits per heavy atom. The molecule has 28 heteroatoms. The zero-order chi connectivity index (χ0) is 60.2. The monoisotopic (exact) mass is 1240 g/mol. The van der Waals surface area contributed by atoms with Crippen molar-refractivity contribution in [3.63, 3.8) is 0 Å². The van der Waals surface area contributed by atoms with Gasteiger partial charge in [-0.25, -0.2) is 31.5 Å². The van der Waals surface area contributed by atoms with Gasteiger partial charge in [-0.1, -0.05) is 120 Å². The van der Waals surface area contributed by atoms with Gasteiger partial charge in [0.1, 0.15) is 22.5 Å². The summed E-state index contributed by atoms with van der Waals surface area (Å²) >= 11 is 0. The molecule has 440 valence electrons. The third-order valence-corrected chi connectivity index (χ3v) is 17.9. The standard InChI is InChI=1S/C57H43F10N6O9P3/c58-47-27-21-43(29-49(47)60)56(72-53-7-3-1-5-51(53)68-70-72,31-37-9-13-41(14-10-37)35-83(74,79-64)80-65)33-39-17-23-45(24-18-39)77-85(76,55(62)63)78-46-25-19-40(20-26-46)34-57(44-22-28-48(59)50(61)30-44,73-54-8-4-2-6-52(54)69-71-73)32-38-11-15-42(16-12-38)36-84(75,81-66)82-67/h1-30,55H,31-36H2. The molecule has 0 saturated heterocycles. The number of halogens is 10. The Balaban J connectivity index is 0.950. The smallest absolute Gasteiger partial charge is 0.412 e. The number of fused-ring (bicyclic) bond motifs is 2. The summed E-state index contributed by atoms with van der Waals surface area (Å²) in [7, 11) is -15.0. The summed E-state index contributed by atoms with van der Waals surface area (Å²) in [6.07, 6.45) is -5.58. The second-order valence-electron chi connectivity index (χ2n) is 19.7. The molecule has 0 bridgehead atoms. The molecule has 15 nitrogen and oxygen atoms in total. The van der Waals surface area contributed by atoms with E-state index in [2.05, 4.69) is 39.5 Å². The van der Waals surface area contributed by atoms with Crippen molar-refractivity contribution in [1.29, 1.82) is 0 Å². The van der Waals surface area contributed by atoms with Gasteiger partial charge in [0.05, 0.1) is 34.4 Å². The normalized spacial score (nSPS) is 14.3. The minimum atomic E-state index is -5.41. The third-order valence-electron chi connectivity index (χ3n) is 14.2. The van der Waals surface area contributed by atoms with Gasteiger partial charge in [0.15, 0.2) is 23.3 Å². The molecule has 2 heterocycles. The van der Waals surface area contributed by atoms with Crippen molar-refractivity contribution in [2.45, 2.75) is 55.3 Å². The second-order valence-corrected chi connectivity index (χ2v) is 25.2. The molecule has 85 heavy (non-hydrogen) atoms. The number of benzene rings is 8. The predicted molar refractivity (Wildman–Crippen MR) is 289 cm³/mol. The first-order chi connectivity index (χ1) is 40.8. The van der Waals surface area contributed by atoms with Crippen molar-refractivity contribution < 1.29 is 86.1 Å². The maximum absolute atomic E-state index is 15.4. The summed E-state index contributed by atoms with van der Waals surface area (Å²) in [4.78, 5) is 0. The van der Waals surface area contributed by atoms with E-state index < -0.39 is 75.6 Å². The summed E-state index contributed by atoms with van der Waals surface area (Å²) in [5.41, 5.74) is 1.30. The average Bonchev–Trinajstić information content (AvgIpc) is 2.22. The fraction of sp³-hybridized carbons (Fsp3) is 0.158. The topological polar surface area (TPSA) is 168 Å². The number of nitrogens with zero attached hydrogens (tertiary/aromatic N) is 6. The molecule has 0 fully saturated rings. The number of para-hydroxylation sites is 2.